The molecule has 2 aromatic carbocycles. The van der Waals surface area contributed by atoms with E-state index in [1.54, 1.807) is 6.07 Å². The van der Waals surface area contributed by atoms with Crippen molar-refractivity contribution in [2.75, 3.05) is 50.8 Å². The van der Waals surface area contributed by atoms with E-state index in [-0.39, 0.29) is 51.8 Å². The zero-order chi connectivity index (χ0) is 28.4. The maximum Gasteiger partial charge on any atom is 0.573 e. The standard InChI is InChI=1S/C28H29ClF3N5O4/c29-23-19(18-11-17(38)3-4-21(18)41-28(30,31)32)12-20-22-24(23)39-14-16-13-33-7-10-37(16)25(22)35-26(34-20)40-15-27-5-1-8-36(27)9-2-6-27/h3-4,11-12,16,33,38H,1-2,5-10,13-15H2. The van der Waals surface area contributed by atoms with Gasteiger partial charge in [0.05, 0.1) is 27.5 Å². The number of piperazine rings is 1. The second kappa shape index (κ2) is 9.95. The summed E-state index contributed by atoms with van der Waals surface area (Å²) in [5.74, 6) is 0.136. The van der Waals surface area contributed by atoms with Crippen molar-refractivity contribution in [3.8, 4) is 34.4 Å². The summed E-state index contributed by atoms with van der Waals surface area (Å²) < 4.78 is 56.7. The van der Waals surface area contributed by atoms with Crippen LogP contribution in [0.4, 0.5) is 19.0 Å². The van der Waals surface area contributed by atoms with Gasteiger partial charge in [-0.3, -0.25) is 4.90 Å². The minimum atomic E-state index is -4.95. The maximum absolute atomic E-state index is 13.3. The van der Waals surface area contributed by atoms with Crippen molar-refractivity contribution in [1.29, 1.82) is 0 Å². The molecule has 1 unspecified atom stereocenters. The van der Waals surface area contributed by atoms with Crippen LogP contribution in [0.25, 0.3) is 22.0 Å². The maximum atomic E-state index is 13.3. The van der Waals surface area contributed by atoms with Crippen molar-refractivity contribution in [1.82, 2.24) is 20.2 Å². The zero-order valence-corrected chi connectivity index (χ0v) is 22.9. The van der Waals surface area contributed by atoms with Gasteiger partial charge < -0.3 is 29.5 Å². The quantitative estimate of drug-likeness (QED) is 0.437. The number of fused-ring (bicyclic) bond motifs is 3. The van der Waals surface area contributed by atoms with Crippen molar-refractivity contribution < 1.29 is 32.5 Å². The molecule has 3 saturated heterocycles. The molecule has 0 amide bonds. The fourth-order valence-electron chi connectivity index (χ4n) is 6.77. The first kappa shape index (κ1) is 26.7. The third-order valence-corrected chi connectivity index (χ3v) is 9.02. The van der Waals surface area contributed by atoms with E-state index in [2.05, 4.69) is 19.9 Å². The van der Waals surface area contributed by atoms with Gasteiger partial charge in [-0.2, -0.15) is 9.97 Å². The lowest BCUT2D eigenvalue weighted by molar-refractivity contribution is -0.274. The summed E-state index contributed by atoms with van der Waals surface area (Å²) in [7, 11) is 0. The molecule has 1 atom stereocenters. The van der Waals surface area contributed by atoms with Gasteiger partial charge in [0.2, 0.25) is 0 Å². The molecule has 3 fully saturated rings. The number of rotatable bonds is 5. The van der Waals surface area contributed by atoms with Gasteiger partial charge in [-0.15, -0.1) is 13.2 Å². The number of halogens is 4. The molecule has 0 radical (unpaired) electrons. The van der Waals surface area contributed by atoms with Crippen LogP contribution in [0, 0.1) is 0 Å². The number of ether oxygens (including phenoxy) is 3. The molecule has 4 aliphatic rings. The number of nitrogens with one attached hydrogen (secondary N) is 1. The molecule has 0 saturated carbocycles. The second-order valence-electron chi connectivity index (χ2n) is 11.1. The molecule has 41 heavy (non-hydrogen) atoms. The van der Waals surface area contributed by atoms with Gasteiger partial charge in [0.15, 0.2) is 5.75 Å². The van der Waals surface area contributed by atoms with Crippen LogP contribution in [0.1, 0.15) is 25.7 Å². The predicted molar refractivity (Wildman–Crippen MR) is 146 cm³/mol. The Morgan fingerprint density at radius 2 is 1.93 bits per heavy atom. The smallest absolute Gasteiger partial charge is 0.508 e. The topological polar surface area (TPSA) is 92.2 Å². The summed E-state index contributed by atoms with van der Waals surface area (Å²) in [6.07, 6.45) is -0.568. The van der Waals surface area contributed by atoms with Crippen LogP contribution in [0.3, 0.4) is 0 Å². The highest BCUT2D eigenvalue weighted by Crippen LogP contribution is 2.49. The van der Waals surface area contributed by atoms with Crippen LogP contribution in [0.2, 0.25) is 5.02 Å². The first-order valence-corrected chi connectivity index (χ1v) is 14.2. The van der Waals surface area contributed by atoms with E-state index in [9.17, 15) is 18.3 Å². The molecular weight excluding hydrogens is 563 g/mol. The number of nitrogens with zero attached hydrogens (tertiary/aromatic N) is 4. The fraction of sp³-hybridized carbons (Fsp3) is 0.500. The lowest BCUT2D eigenvalue weighted by atomic mass is 9.95. The van der Waals surface area contributed by atoms with Gasteiger partial charge >= 0.3 is 12.4 Å². The summed E-state index contributed by atoms with van der Waals surface area (Å²) in [6.45, 7) is 4.94. The van der Waals surface area contributed by atoms with Gasteiger partial charge in [-0.1, -0.05) is 11.6 Å². The van der Waals surface area contributed by atoms with Crippen LogP contribution < -0.4 is 24.4 Å². The molecule has 9 nitrogen and oxygen atoms in total. The third-order valence-electron chi connectivity index (χ3n) is 8.64. The summed E-state index contributed by atoms with van der Waals surface area (Å²) in [5.41, 5.74) is 0.516. The molecule has 1 aromatic heterocycles. The molecule has 0 bridgehead atoms. The molecule has 2 N–H and O–H groups in total. The average Bonchev–Trinajstić information content (AvgIpc) is 3.47. The summed E-state index contributed by atoms with van der Waals surface area (Å²) in [6, 6.07) is 5.08. The number of phenols is 1. The average molecular weight is 592 g/mol. The van der Waals surface area contributed by atoms with Crippen molar-refractivity contribution in [2.24, 2.45) is 0 Å². The molecule has 13 heteroatoms. The predicted octanol–water partition coefficient (Wildman–Crippen LogP) is 4.73. The number of benzene rings is 2. The molecule has 7 rings (SSSR count). The Labute approximate surface area is 239 Å². The molecular formula is C28H29ClF3N5O4. The van der Waals surface area contributed by atoms with Gasteiger partial charge in [0, 0.05) is 30.8 Å². The van der Waals surface area contributed by atoms with E-state index in [4.69, 9.17) is 31.0 Å². The van der Waals surface area contributed by atoms with Crippen LogP contribution in [0.15, 0.2) is 24.3 Å². The Kier molecular flexibility index (Phi) is 6.47. The van der Waals surface area contributed by atoms with Crippen LogP contribution in [0.5, 0.6) is 23.3 Å². The second-order valence-corrected chi connectivity index (χ2v) is 11.5. The number of aromatic hydroxyl groups is 1. The molecule has 3 aromatic rings. The molecule has 218 valence electrons. The van der Waals surface area contributed by atoms with Gasteiger partial charge in [-0.25, -0.2) is 0 Å². The number of alkyl halides is 3. The number of aromatic nitrogens is 2. The zero-order valence-electron chi connectivity index (χ0n) is 22.1. The first-order chi connectivity index (χ1) is 19.7. The number of anilines is 1. The minimum absolute atomic E-state index is 0.0190. The SMILES string of the molecule is Oc1ccc(OC(F)(F)F)c(-c2cc3nc(OCC45CCCN4CCC5)nc4c3c(c2Cl)OCC2CNCCN42)c1. The van der Waals surface area contributed by atoms with Gasteiger partial charge in [-0.05, 0) is 63.0 Å². The number of hydrogen-bond donors (Lipinski definition) is 2. The molecule has 0 aliphatic carbocycles. The highest BCUT2D eigenvalue weighted by Gasteiger charge is 2.45. The van der Waals surface area contributed by atoms with Crippen LogP contribution >= 0.6 is 11.6 Å². The van der Waals surface area contributed by atoms with E-state index in [1.165, 1.54) is 6.07 Å². The largest absolute Gasteiger partial charge is 0.573 e. The van der Waals surface area contributed by atoms with Crippen LogP contribution in [-0.4, -0.2) is 83.9 Å². The van der Waals surface area contributed by atoms with Crippen molar-refractivity contribution in [3.63, 3.8) is 0 Å². The summed E-state index contributed by atoms with van der Waals surface area (Å²) >= 11 is 6.87. The Bertz CT molecular complexity index is 1500. The fourth-order valence-corrected chi connectivity index (χ4v) is 7.08. The minimum Gasteiger partial charge on any atom is -0.508 e. The monoisotopic (exact) mass is 591 g/mol. The van der Waals surface area contributed by atoms with E-state index in [0.717, 1.165) is 57.5 Å². The van der Waals surface area contributed by atoms with Crippen molar-refractivity contribution in [3.05, 3.63) is 29.3 Å². The van der Waals surface area contributed by atoms with Gasteiger partial charge in [0.25, 0.3) is 0 Å². The number of phenolic OH excluding ortho intramolecular Hbond substituents is 1. The normalized spacial score (nSPS) is 21.8. The lowest BCUT2D eigenvalue weighted by Gasteiger charge is -2.35. The van der Waals surface area contributed by atoms with Crippen molar-refractivity contribution in [2.45, 2.75) is 43.6 Å². The number of hydrogen-bond acceptors (Lipinski definition) is 9. The van der Waals surface area contributed by atoms with E-state index in [0.29, 0.717) is 36.4 Å². The Morgan fingerprint density at radius 3 is 2.71 bits per heavy atom. The van der Waals surface area contributed by atoms with E-state index < -0.39 is 12.1 Å². The highest BCUT2D eigenvalue weighted by molar-refractivity contribution is 6.36. The molecule has 0 spiro atoms. The Hall–Kier alpha value is -3.22. The molecule has 4 aliphatic heterocycles. The first-order valence-electron chi connectivity index (χ1n) is 13.8. The van der Waals surface area contributed by atoms with Gasteiger partial charge in [0.1, 0.15) is 30.5 Å². The Balaban J connectivity index is 1.38. The lowest BCUT2D eigenvalue weighted by Crippen LogP contribution is -2.53. The van der Waals surface area contributed by atoms with Crippen molar-refractivity contribution >= 4 is 28.3 Å². The Morgan fingerprint density at radius 1 is 1.12 bits per heavy atom. The summed E-state index contributed by atoms with van der Waals surface area (Å²) in [5, 5.41) is 14.2. The highest BCUT2D eigenvalue weighted by atomic mass is 35.5. The van der Waals surface area contributed by atoms with Crippen LogP contribution in [-0.2, 0) is 0 Å². The third kappa shape index (κ3) is 4.75. The summed E-state index contributed by atoms with van der Waals surface area (Å²) in [4.78, 5) is 14.2. The molecule has 5 heterocycles. The van der Waals surface area contributed by atoms with E-state index >= 15 is 0 Å². The van der Waals surface area contributed by atoms with E-state index in [1.807, 2.05) is 0 Å².